The minimum atomic E-state index is -3.07. The van der Waals surface area contributed by atoms with Crippen LogP contribution in [0.5, 0.6) is 0 Å². The Hall–Kier alpha value is -0.870. The van der Waals surface area contributed by atoms with Crippen LogP contribution in [0.3, 0.4) is 0 Å². The molecule has 2 N–H and O–H groups in total. The Morgan fingerprint density at radius 2 is 1.72 bits per heavy atom. The smallest absolute Gasteiger partial charge is 0.155 e. The minimum Gasteiger partial charge on any atom is -0.330 e. The number of nitrogens with two attached hydrogens (primary N) is 1. The van der Waals surface area contributed by atoms with Crippen molar-refractivity contribution in [1.82, 2.24) is 0 Å². The molecule has 0 fully saturated rings. The van der Waals surface area contributed by atoms with Crippen LogP contribution in [0.25, 0.3) is 0 Å². The maximum absolute atomic E-state index is 12.1. The van der Waals surface area contributed by atoms with E-state index >= 15 is 0 Å². The highest BCUT2D eigenvalue weighted by atomic mass is 32.2. The minimum absolute atomic E-state index is 0.114. The molecule has 1 aromatic carbocycles. The standard InChI is InChI=1S/C14H23NO2S/c1-14(2,3)18(16,17)10-9-13(11-15)12-7-5-4-6-8-12/h4-8,13H,9-11,15H2,1-3H3. The van der Waals surface area contributed by atoms with Crippen LogP contribution in [-0.4, -0.2) is 25.5 Å². The summed E-state index contributed by atoms with van der Waals surface area (Å²) < 4.78 is 23.4. The molecule has 0 saturated heterocycles. The summed E-state index contributed by atoms with van der Waals surface area (Å²) in [5, 5.41) is 0. The second-order valence-corrected chi connectivity index (χ2v) is 8.43. The van der Waals surface area contributed by atoms with Crippen LogP contribution in [0.2, 0.25) is 0 Å². The molecule has 0 radical (unpaired) electrons. The highest BCUT2D eigenvalue weighted by Crippen LogP contribution is 2.23. The lowest BCUT2D eigenvalue weighted by molar-refractivity contribution is 0.551. The van der Waals surface area contributed by atoms with Gasteiger partial charge in [0.05, 0.1) is 10.5 Å². The molecule has 1 rings (SSSR count). The van der Waals surface area contributed by atoms with Gasteiger partial charge in [-0.1, -0.05) is 30.3 Å². The van der Waals surface area contributed by atoms with Gasteiger partial charge in [-0.3, -0.25) is 0 Å². The van der Waals surface area contributed by atoms with Gasteiger partial charge >= 0.3 is 0 Å². The van der Waals surface area contributed by atoms with Gasteiger partial charge in [0.1, 0.15) is 0 Å². The van der Waals surface area contributed by atoms with Crippen LogP contribution in [0.15, 0.2) is 30.3 Å². The zero-order valence-corrected chi connectivity index (χ0v) is 12.2. The summed E-state index contributed by atoms with van der Waals surface area (Å²) in [6.45, 7) is 5.69. The molecule has 102 valence electrons. The summed E-state index contributed by atoms with van der Waals surface area (Å²) in [7, 11) is -3.07. The average molecular weight is 269 g/mol. The highest BCUT2D eigenvalue weighted by Gasteiger charge is 2.29. The monoisotopic (exact) mass is 269 g/mol. The van der Waals surface area contributed by atoms with E-state index in [9.17, 15) is 8.42 Å². The molecule has 0 amide bonds. The molecule has 1 aromatic rings. The van der Waals surface area contributed by atoms with Crippen molar-refractivity contribution in [2.45, 2.75) is 37.9 Å². The van der Waals surface area contributed by atoms with Gasteiger partial charge in [-0.05, 0) is 45.2 Å². The van der Waals surface area contributed by atoms with E-state index in [1.54, 1.807) is 20.8 Å². The Kier molecular flexibility index (Phi) is 4.93. The maximum atomic E-state index is 12.1. The molecule has 0 aliphatic rings. The van der Waals surface area contributed by atoms with Gasteiger partial charge in [0, 0.05) is 0 Å². The molecule has 0 spiro atoms. The van der Waals surface area contributed by atoms with E-state index in [0.717, 1.165) is 5.56 Å². The second kappa shape index (κ2) is 5.85. The van der Waals surface area contributed by atoms with E-state index in [4.69, 9.17) is 5.73 Å². The van der Waals surface area contributed by atoms with Crippen LogP contribution in [0, 0.1) is 0 Å². The molecule has 0 aliphatic heterocycles. The molecule has 0 bridgehead atoms. The Labute approximate surface area is 110 Å². The van der Waals surface area contributed by atoms with Gasteiger partial charge in [0.25, 0.3) is 0 Å². The van der Waals surface area contributed by atoms with Crippen molar-refractivity contribution in [3.8, 4) is 0 Å². The molecule has 0 heterocycles. The molecular weight excluding hydrogens is 246 g/mol. The molecule has 0 aromatic heterocycles. The topological polar surface area (TPSA) is 60.2 Å². The number of hydrogen-bond donors (Lipinski definition) is 1. The predicted molar refractivity (Wildman–Crippen MR) is 76.4 cm³/mol. The van der Waals surface area contributed by atoms with Crippen molar-refractivity contribution in [2.24, 2.45) is 5.73 Å². The lowest BCUT2D eigenvalue weighted by Crippen LogP contribution is -2.31. The predicted octanol–water partition coefficient (Wildman–Crippen LogP) is 2.33. The summed E-state index contributed by atoms with van der Waals surface area (Å²) in [6.07, 6.45) is 0.583. The molecule has 4 heteroatoms. The fraction of sp³-hybridized carbons (Fsp3) is 0.571. The van der Waals surface area contributed by atoms with Crippen LogP contribution in [-0.2, 0) is 9.84 Å². The number of hydrogen-bond acceptors (Lipinski definition) is 3. The summed E-state index contributed by atoms with van der Waals surface area (Å²) in [5.74, 6) is 0.302. The molecule has 18 heavy (non-hydrogen) atoms. The molecule has 3 nitrogen and oxygen atoms in total. The first-order valence-corrected chi connectivity index (χ1v) is 7.90. The fourth-order valence-electron chi connectivity index (χ4n) is 1.75. The van der Waals surface area contributed by atoms with Crippen molar-refractivity contribution < 1.29 is 8.42 Å². The molecule has 0 saturated carbocycles. The Balaban J connectivity index is 2.73. The SMILES string of the molecule is CC(C)(C)S(=O)(=O)CCC(CN)c1ccccc1. The van der Waals surface area contributed by atoms with Gasteiger partial charge in [-0.25, -0.2) is 8.42 Å². The van der Waals surface area contributed by atoms with Crippen molar-refractivity contribution in [3.05, 3.63) is 35.9 Å². The summed E-state index contributed by atoms with van der Waals surface area (Å²) in [5.41, 5.74) is 6.86. The third-order valence-electron chi connectivity index (χ3n) is 3.22. The first-order valence-electron chi connectivity index (χ1n) is 6.25. The number of rotatable bonds is 5. The summed E-state index contributed by atoms with van der Waals surface area (Å²) in [6, 6.07) is 9.86. The fourth-order valence-corrected chi connectivity index (χ4v) is 2.96. The summed E-state index contributed by atoms with van der Waals surface area (Å²) in [4.78, 5) is 0. The second-order valence-electron chi connectivity index (χ2n) is 5.56. The van der Waals surface area contributed by atoms with E-state index in [-0.39, 0.29) is 11.7 Å². The van der Waals surface area contributed by atoms with Crippen molar-refractivity contribution >= 4 is 9.84 Å². The lowest BCUT2D eigenvalue weighted by atomic mass is 9.97. The van der Waals surface area contributed by atoms with Crippen molar-refractivity contribution in [3.63, 3.8) is 0 Å². The zero-order valence-electron chi connectivity index (χ0n) is 11.4. The third-order valence-corrected chi connectivity index (χ3v) is 5.86. The zero-order chi connectivity index (χ0) is 13.8. The number of benzene rings is 1. The van der Waals surface area contributed by atoms with E-state index in [0.29, 0.717) is 13.0 Å². The first kappa shape index (κ1) is 15.2. The first-order chi connectivity index (χ1) is 8.28. The van der Waals surface area contributed by atoms with Crippen LogP contribution in [0.1, 0.15) is 38.7 Å². The Morgan fingerprint density at radius 3 is 2.17 bits per heavy atom. The van der Waals surface area contributed by atoms with E-state index < -0.39 is 14.6 Å². The Morgan fingerprint density at radius 1 is 1.17 bits per heavy atom. The largest absolute Gasteiger partial charge is 0.330 e. The van der Waals surface area contributed by atoms with Gasteiger partial charge < -0.3 is 5.73 Å². The lowest BCUT2D eigenvalue weighted by Gasteiger charge is -2.21. The van der Waals surface area contributed by atoms with Crippen molar-refractivity contribution in [2.75, 3.05) is 12.3 Å². The normalized spacial score (nSPS) is 14.4. The highest BCUT2D eigenvalue weighted by molar-refractivity contribution is 7.92. The van der Waals surface area contributed by atoms with Crippen LogP contribution in [0.4, 0.5) is 0 Å². The number of sulfone groups is 1. The molecule has 1 unspecified atom stereocenters. The molecule has 0 aliphatic carbocycles. The van der Waals surface area contributed by atoms with Gasteiger partial charge in [-0.2, -0.15) is 0 Å². The summed E-state index contributed by atoms with van der Waals surface area (Å²) >= 11 is 0. The van der Waals surface area contributed by atoms with Gasteiger partial charge in [-0.15, -0.1) is 0 Å². The van der Waals surface area contributed by atoms with E-state index in [1.165, 1.54) is 0 Å². The van der Waals surface area contributed by atoms with Gasteiger partial charge in [0.15, 0.2) is 9.84 Å². The Bertz CT molecular complexity index is 460. The van der Waals surface area contributed by atoms with Crippen LogP contribution >= 0.6 is 0 Å². The molecule has 1 atom stereocenters. The van der Waals surface area contributed by atoms with E-state index in [1.807, 2.05) is 30.3 Å². The van der Waals surface area contributed by atoms with Crippen molar-refractivity contribution in [1.29, 1.82) is 0 Å². The third kappa shape index (κ3) is 3.82. The quantitative estimate of drug-likeness (QED) is 0.892. The maximum Gasteiger partial charge on any atom is 0.155 e. The van der Waals surface area contributed by atoms with Gasteiger partial charge in [0.2, 0.25) is 0 Å². The average Bonchev–Trinajstić information content (AvgIpc) is 2.29. The molecular formula is C14H23NO2S. The van der Waals surface area contributed by atoms with Crippen LogP contribution < -0.4 is 5.73 Å². The van der Waals surface area contributed by atoms with E-state index in [2.05, 4.69) is 0 Å².